The fourth-order valence-corrected chi connectivity index (χ4v) is 4.85. The van der Waals surface area contributed by atoms with Crippen LogP contribution in [0.3, 0.4) is 0 Å². The Morgan fingerprint density at radius 3 is 2.90 bits per heavy atom. The Hall–Kier alpha value is -2.29. The van der Waals surface area contributed by atoms with Gasteiger partial charge in [-0.05, 0) is 56.5 Å². The topological polar surface area (TPSA) is 80.1 Å². The Morgan fingerprint density at radius 1 is 1.23 bits per heavy atom. The highest BCUT2D eigenvalue weighted by Gasteiger charge is 2.26. The van der Waals surface area contributed by atoms with Crippen LogP contribution in [0.2, 0.25) is 0 Å². The Bertz CT molecular complexity index is 1130. The smallest absolute Gasteiger partial charge is 0.208 e. The molecule has 160 valence electrons. The van der Waals surface area contributed by atoms with Crippen LogP contribution in [0.25, 0.3) is 11.0 Å². The third kappa shape index (κ3) is 4.71. The van der Waals surface area contributed by atoms with E-state index in [1.54, 1.807) is 0 Å². The molecule has 1 N–H and O–H groups in total. The molecule has 0 amide bonds. The fraction of sp³-hybridized carbons (Fsp3) is 0.455. The minimum Gasteiger partial charge on any atom is -0.327 e. The Balaban J connectivity index is 1.55. The standard InChI is InChI=1S/C22H29N5O2S/c1-26(20-12-5-8-17-9-6-13-23-22(17)20)16-21-25-18-10-3-4-11-19(18)27(21)15-7-14-24-30(2,28)29/h3-4,6,9-11,13,20,24H,5,7-8,12,14-16H2,1-2H3. The molecular weight excluding hydrogens is 398 g/mol. The lowest BCUT2D eigenvalue weighted by molar-refractivity contribution is 0.201. The average molecular weight is 428 g/mol. The van der Waals surface area contributed by atoms with Crippen LogP contribution in [0.1, 0.15) is 42.4 Å². The number of nitrogens with zero attached hydrogens (tertiary/aromatic N) is 4. The maximum absolute atomic E-state index is 11.4. The van der Waals surface area contributed by atoms with Crippen LogP contribution in [-0.4, -0.2) is 47.7 Å². The number of nitrogens with one attached hydrogen (secondary N) is 1. The Kier molecular flexibility index (Phi) is 6.17. The predicted molar refractivity (Wildman–Crippen MR) is 119 cm³/mol. The van der Waals surface area contributed by atoms with Crippen molar-refractivity contribution in [2.24, 2.45) is 0 Å². The molecule has 1 unspecified atom stereocenters. The molecule has 1 atom stereocenters. The van der Waals surface area contributed by atoms with Crippen molar-refractivity contribution >= 4 is 21.1 Å². The molecular formula is C22H29N5O2S. The quantitative estimate of drug-likeness (QED) is 0.559. The van der Waals surface area contributed by atoms with Crippen molar-refractivity contribution in [3.05, 3.63) is 59.7 Å². The summed E-state index contributed by atoms with van der Waals surface area (Å²) in [6.45, 7) is 1.85. The maximum Gasteiger partial charge on any atom is 0.208 e. The number of hydrogen-bond donors (Lipinski definition) is 1. The maximum atomic E-state index is 11.4. The molecule has 8 heteroatoms. The fourth-order valence-electron chi connectivity index (χ4n) is 4.34. The van der Waals surface area contributed by atoms with Crippen molar-refractivity contribution in [3.63, 3.8) is 0 Å². The number of aromatic nitrogens is 3. The van der Waals surface area contributed by atoms with E-state index in [1.807, 2.05) is 30.5 Å². The number of hydrogen-bond acceptors (Lipinski definition) is 5. The molecule has 1 aromatic carbocycles. The minimum absolute atomic E-state index is 0.287. The zero-order chi connectivity index (χ0) is 21.1. The first-order valence-electron chi connectivity index (χ1n) is 10.5. The lowest BCUT2D eigenvalue weighted by atomic mass is 9.91. The Morgan fingerprint density at radius 2 is 2.07 bits per heavy atom. The molecule has 2 heterocycles. The lowest BCUT2D eigenvalue weighted by Gasteiger charge is -2.32. The second-order valence-electron chi connectivity index (χ2n) is 8.06. The normalized spacial score (nSPS) is 16.8. The molecule has 2 aromatic heterocycles. The zero-order valence-corrected chi connectivity index (χ0v) is 18.4. The van der Waals surface area contributed by atoms with Crippen LogP contribution in [-0.2, 0) is 29.5 Å². The van der Waals surface area contributed by atoms with E-state index in [4.69, 9.17) is 4.98 Å². The van der Waals surface area contributed by atoms with Gasteiger partial charge in [-0.2, -0.15) is 0 Å². The van der Waals surface area contributed by atoms with Gasteiger partial charge in [-0.25, -0.2) is 18.1 Å². The second-order valence-corrected chi connectivity index (χ2v) is 9.89. The first-order valence-corrected chi connectivity index (χ1v) is 12.3. The van der Waals surface area contributed by atoms with E-state index in [2.05, 4.69) is 38.4 Å². The molecule has 4 rings (SSSR count). The summed E-state index contributed by atoms with van der Waals surface area (Å²) < 4.78 is 27.5. The SMILES string of the molecule is CN(Cc1nc2ccccc2n1CCCNS(C)(=O)=O)C1CCCc2cccnc21. The van der Waals surface area contributed by atoms with Crippen LogP contribution < -0.4 is 4.72 Å². The summed E-state index contributed by atoms with van der Waals surface area (Å²) in [4.78, 5) is 11.9. The highest BCUT2D eigenvalue weighted by Crippen LogP contribution is 2.33. The van der Waals surface area contributed by atoms with E-state index in [0.717, 1.165) is 36.2 Å². The number of fused-ring (bicyclic) bond motifs is 2. The first-order chi connectivity index (χ1) is 14.4. The monoisotopic (exact) mass is 427 g/mol. The van der Waals surface area contributed by atoms with E-state index >= 15 is 0 Å². The summed E-state index contributed by atoms with van der Waals surface area (Å²) in [6, 6.07) is 12.6. The lowest BCUT2D eigenvalue weighted by Crippen LogP contribution is -2.29. The predicted octanol–water partition coefficient (Wildman–Crippen LogP) is 2.88. The van der Waals surface area contributed by atoms with Crippen molar-refractivity contribution in [1.82, 2.24) is 24.2 Å². The number of imidazole rings is 1. The molecule has 0 saturated carbocycles. The summed E-state index contributed by atoms with van der Waals surface area (Å²) in [5, 5.41) is 0. The molecule has 30 heavy (non-hydrogen) atoms. The van der Waals surface area contributed by atoms with E-state index < -0.39 is 10.0 Å². The van der Waals surface area contributed by atoms with Gasteiger partial charge < -0.3 is 4.57 Å². The summed E-state index contributed by atoms with van der Waals surface area (Å²) in [5.41, 5.74) is 4.59. The third-order valence-corrected chi connectivity index (χ3v) is 6.47. The van der Waals surface area contributed by atoms with Gasteiger partial charge in [0.15, 0.2) is 0 Å². The summed E-state index contributed by atoms with van der Waals surface area (Å²) in [5.74, 6) is 1.00. The van der Waals surface area contributed by atoms with E-state index in [9.17, 15) is 8.42 Å². The van der Waals surface area contributed by atoms with Gasteiger partial charge in [0.05, 0.1) is 35.6 Å². The number of para-hydroxylation sites is 2. The van der Waals surface area contributed by atoms with Gasteiger partial charge in [0.25, 0.3) is 0 Å². The number of pyridine rings is 1. The van der Waals surface area contributed by atoms with Gasteiger partial charge in [0.2, 0.25) is 10.0 Å². The molecule has 0 fully saturated rings. The zero-order valence-electron chi connectivity index (χ0n) is 17.6. The van der Waals surface area contributed by atoms with Crippen molar-refractivity contribution in [3.8, 4) is 0 Å². The van der Waals surface area contributed by atoms with Crippen LogP contribution in [0, 0.1) is 0 Å². The molecule has 0 radical (unpaired) electrons. The highest BCUT2D eigenvalue weighted by molar-refractivity contribution is 7.88. The van der Waals surface area contributed by atoms with Gasteiger partial charge in [-0.3, -0.25) is 9.88 Å². The summed E-state index contributed by atoms with van der Waals surface area (Å²) in [7, 11) is -1.03. The van der Waals surface area contributed by atoms with Crippen molar-refractivity contribution in [1.29, 1.82) is 0 Å². The largest absolute Gasteiger partial charge is 0.327 e. The van der Waals surface area contributed by atoms with Gasteiger partial charge in [0, 0.05) is 19.3 Å². The molecule has 3 aromatic rings. The molecule has 1 aliphatic rings. The molecule has 0 saturated heterocycles. The molecule has 1 aliphatic carbocycles. The number of rotatable bonds is 8. The minimum atomic E-state index is -3.17. The Labute approximate surface area is 178 Å². The summed E-state index contributed by atoms with van der Waals surface area (Å²) in [6.07, 6.45) is 7.14. The highest BCUT2D eigenvalue weighted by atomic mass is 32.2. The van der Waals surface area contributed by atoms with E-state index in [-0.39, 0.29) is 6.04 Å². The molecule has 7 nitrogen and oxygen atoms in total. The van der Waals surface area contributed by atoms with Crippen molar-refractivity contribution < 1.29 is 8.42 Å². The summed E-state index contributed by atoms with van der Waals surface area (Å²) >= 11 is 0. The van der Waals surface area contributed by atoms with Gasteiger partial charge in [0.1, 0.15) is 5.82 Å². The number of aryl methyl sites for hydroxylation is 2. The van der Waals surface area contributed by atoms with Crippen LogP contribution in [0.5, 0.6) is 0 Å². The average Bonchev–Trinajstić information content (AvgIpc) is 3.07. The molecule has 0 spiro atoms. The van der Waals surface area contributed by atoms with E-state index in [1.165, 1.54) is 23.9 Å². The second kappa shape index (κ2) is 8.83. The van der Waals surface area contributed by atoms with Crippen LogP contribution in [0.15, 0.2) is 42.6 Å². The van der Waals surface area contributed by atoms with Crippen molar-refractivity contribution in [2.45, 2.75) is 44.8 Å². The van der Waals surface area contributed by atoms with Gasteiger partial charge in [-0.15, -0.1) is 0 Å². The molecule has 0 bridgehead atoms. The van der Waals surface area contributed by atoms with Gasteiger partial charge in [-0.1, -0.05) is 18.2 Å². The van der Waals surface area contributed by atoms with Crippen LogP contribution >= 0.6 is 0 Å². The molecule has 0 aliphatic heterocycles. The number of sulfonamides is 1. The van der Waals surface area contributed by atoms with E-state index in [0.29, 0.717) is 19.5 Å². The third-order valence-electron chi connectivity index (χ3n) is 5.74. The van der Waals surface area contributed by atoms with Crippen molar-refractivity contribution in [2.75, 3.05) is 19.8 Å². The first kappa shape index (κ1) is 21.0. The van der Waals surface area contributed by atoms with Gasteiger partial charge >= 0.3 is 0 Å². The van der Waals surface area contributed by atoms with Crippen LogP contribution in [0.4, 0.5) is 0 Å². The number of benzene rings is 1.